The first-order chi connectivity index (χ1) is 11.1. The van der Waals surface area contributed by atoms with Gasteiger partial charge in [-0.2, -0.15) is 17.5 Å². The van der Waals surface area contributed by atoms with E-state index in [4.69, 9.17) is 12.6 Å². The molecule has 3 rings (SSSR count). The van der Waals surface area contributed by atoms with Crippen molar-refractivity contribution in [2.24, 2.45) is 0 Å². The van der Waals surface area contributed by atoms with E-state index in [0.717, 1.165) is 12.1 Å². The molecule has 1 spiro atoms. The van der Waals surface area contributed by atoms with Crippen molar-refractivity contribution in [1.29, 1.82) is 0 Å². The van der Waals surface area contributed by atoms with E-state index in [1.165, 1.54) is 4.31 Å². The molecule has 5 nitrogen and oxygen atoms in total. The van der Waals surface area contributed by atoms with Crippen molar-refractivity contribution in [3.8, 4) is 0 Å². The van der Waals surface area contributed by atoms with Crippen molar-refractivity contribution < 1.29 is 26.3 Å². The van der Waals surface area contributed by atoms with Crippen molar-refractivity contribution in [1.82, 2.24) is 9.62 Å². The van der Waals surface area contributed by atoms with Gasteiger partial charge in [0.25, 0.3) is 0 Å². The molecule has 2 heterocycles. The molecule has 1 N–H and O–H groups in total. The van der Waals surface area contributed by atoms with Crippen LogP contribution in [0.5, 0.6) is 0 Å². The maximum atomic E-state index is 12.9. The number of nitrogens with zero attached hydrogens (tertiary/aromatic N) is 1. The Labute approximate surface area is 139 Å². The fraction of sp³-hybridized carbons (Fsp3) is 0.571. The Hall–Kier alpha value is -1.10. The molecule has 0 atom stereocenters. The van der Waals surface area contributed by atoms with Gasteiger partial charge in [-0.25, -0.2) is 8.42 Å². The van der Waals surface area contributed by atoms with Crippen molar-refractivity contribution >= 4 is 23.3 Å². The zero-order valence-corrected chi connectivity index (χ0v) is 13.6. The number of alkyl halides is 3. The maximum absolute atomic E-state index is 12.9. The van der Waals surface area contributed by atoms with Gasteiger partial charge in [-0.15, -0.1) is 0 Å². The molecule has 0 bridgehead atoms. The summed E-state index contributed by atoms with van der Waals surface area (Å²) in [7, 11) is 1.31. The largest absolute Gasteiger partial charge is 0.415 e. The second-order valence-corrected chi connectivity index (χ2v) is 7.86. The summed E-state index contributed by atoms with van der Waals surface area (Å²) in [5.41, 5.74) is -2.15. The van der Waals surface area contributed by atoms with Crippen molar-refractivity contribution in [2.75, 3.05) is 26.2 Å². The van der Waals surface area contributed by atoms with E-state index >= 15 is 0 Å². The lowest BCUT2D eigenvalue weighted by Crippen LogP contribution is -2.52. The molecular formula is C14H16BF3N2O3S. The molecule has 2 aliphatic heterocycles. The van der Waals surface area contributed by atoms with Crippen LogP contribution in [-0.4, -0.2) is 52.5 Å². The maximum Gasteiger partial charge on any atom is 0.415 e. The van der Waals surface area contributed by atoms with Crippen LogP contribution in [0.15, 0.2) is 23.1 Å². The number of ether oxygens (including phenoxy) is 1. The van der Waals surface area contributed by atoms with Crippen molar-refractivity contribution in [3.05, 3.63) is 23.8 Å². The highest BCUT2D eigenvalue weighted by Crippen LogP contribution is 2.32. The van der Waals surface area contributed by atoms with Crippen LogP contribution in [0.1, 0.15) is 18.4 Å². The van der Waals surface area contributed by atoms with Crippen LogP contribution in [0.3, 0.4) is 0 Å². The van der Waals surface area contributed by atoms with Gasteiger partial charge in [-0.1, -0.05) is 11.5 Å². The number of benzene rings is 1. The first-order valence-electron chi connectivity index (χ1n) is 7.50. The van der Waals surface area contributed by atoms with E-state index < -0.39 is 37.8 Å². The molecule has 10 heteroatoms. The molecule has 1 aromatic rings. The second-order valence-electron chi connectivity index (χ2n) is 5.92. The lowest BCUT2D eigenvalue weighted by molar-refractivity contribution is -0.136. The fourth-order valence-electron chi connectivity index (χ4n) is 3.08. The Bertz CT molecular complexity index is 723. The van der Waals surface area contributed by atoms with Gasteiger partial charge in [-0.3, -0.25) is 5.32 Å². The average molecular weight is 360 g/mol. The molecule has 2 aliphatic rings. The number of hydrogen-bond acceptors (Lipinski definition) is 4. The van der Waals surface area contributed by atoms with Crippen LogP contribution in [0.4, 0.5) is 13.2 Å². The Morgan fingerprint density at radius 1 is 1.25 bits per heavy atom. The number of halogens is 3. The number of rotatable bonds is 2. The zero-order chi connectivity index (χ0) is 17.6. The molecule has 0 aromatic heterocycles. The van der Waals surface area contributed by atoms with E-state index in [1.807, 2.05) is 0 Å². The lowest BCUT2D eigenvalue weighted by Gasteiger charge is -2.37. The fourth-order valence-corrected chi connectivity index (χ4v) is 4.54. The highest BCUT2D eigenvalue weighted by atomic mass is 32.2. The summed E-state index contributed by atoms with van der Waals surface area (Å²) in [5, 5.41) is 3.21. The number of hydrogen-bond donors (Lipinski definition) is 1. The Balaban J connectivity index is 1.84. The van der Waals surface area contributed by atoms with Crippen LogP contribution in [0, 0.1) is 0 Å². The third-order valence-electron chi connectivity index (χ3n) is 4.43. The summed E-state index contributed by atoms with van der Waals surface area (Å²) in [4.78, 5) is -0.403. The topological polar surface area (TPSA) is 58.6 Å². The van der Waals surface area contributed by atoms with E-state index in [2.05, 4.69) is 5.32 Å². The predicted molar refractivity (Wildman–Crippen MR) is 81.5 cm³/mol. The lowest BCUT2D eigenvalue weighted by atomic mass is 9.90. The minimum Gasteiger partial charge on any atom is -0.359 e. The van der Waals surface area contributed by atoms with Gasteiger partial charge in [-0.05, 0) is 12.1 Å². The molecule has 130 valence electrons. The quantitative estimate of drug-likeness (QED) is 0.785. The molecule has 2 fully saturated rings. The Morgan fingerprint density at radius 2 is 1.92 bits per heavy atom. The van der Waals surface area contributed by atoms with Crippen LogP contribution < -0.4 is 10.8 Å². The van der Waals surface area contributed by atoms with Gasteiger partial charge in [0.05, 0.1) is 11.5 Å². The second kappa shape index (κ2) is 6.01. The molecule has 0 unspecified atom stereocenters. The van der Waals surface area contributed by atoms with E-state index in [9.17, 15) is 21.6 Å². The van der Waals surface area contributed by atoms with E-state index in [-0.39, 0.29) is 13.1 Å². The van der Waals surface area contributed by atoms with Crippen LogP contribution in [0.2, 0.25) is 0 Å². The smallest absolute Gasteiger partial charge is 0.359 e. The molecule has 2 saturated heterocycles. The molecule has 0 aliphatic carbocycles. The summed E-state index contributed by atoms with van der Waals surface area (Å²) < 4.78 is 70.9. The van der Waals surface area contributed by atoms with Gasteiger partial charge >= 0.3 is 6.18 Å². The minimum absolute atomic E-state index is 0.182. The summed E-state index contributed by atoms with van der Waals surface area (Å²) in [6.07, 6.45) is -3.80. The number of piperidine rings is 1. The standard InChI is InChI=1S/C14H16BF3N2O3S/c15-12-2-1-10(9-11(12)14(16,17)18)24(21,22)20-6-3-13(4-7-20)19-5-8-23-13/h1-2,9,19H,3-8H2. The van der Waals surface area contributed by atoms with Crippen LogP contribution in [0.25, 0.3) is 0 Å². The highest BCUT2D eigenvalue weighted by molar-refractivity contribution is 7.89. The first kappa shape index (κ1) is 17.7. The van der Waals surface area contributed by atoms with Crippen LogP contribution in [-0.2, 0) is 20.9 Å². The third kappa shape index (κ3) is 3.20. The summed E-state index contributed by atoms with van der Waals surface area (Å²) in [6, 6.07) is 2.68. The number of nitrogens with one attached hydrogen (secondary N) is 1. The van der Waals surface area contributed by atoms with Crippen molar-refractivity contribution in [2.45, 2.75) is 29.6 Å². The normalized spacial score (nSPS) is 22.1. The van der Waals surface area contributed by atoms with Crippen LogP contribution >= 0.6 is 0 Å². The first-order valence-corrected chi connectivity index (χ1v) is 8.94. The minimum atomic E-state index is -4.71. The number of sulfonamides is 1. The average Bonchev–Trinajstić information content (AvgIpc) is 2.95. The molecule has 2 radical (unpaired) electrons. The van der Waals surface area contributed by atoms with Gasteiger partial charge in [0, 0.05) is 38.0 Å². The Morgan fingerprint density at radius 3 is 2.46 bits per heavy atom. The monoisotopic (exact) mass is 360 g/mol. The van der Waals surface area contributed by atoms with Gasteiger partial charge in [0.15, 0.2) is 0 Å². The van der Waals surface area contributed by atoms with E-state index in [1.54, 1.807) is 0 Å². The van der Waals surface area contributed by atoms with Gasteiger partial charge < -0.3 is 4.74 Å². The summed E-state index contributed by atoms with van der Waals surface area (Å²) in [6.45, 7) is 1.64. The SMILES string of the molecule is [B]c1ccc(S(=O)(=O)N2CCC3(CC2)NCCO3)cc1C(F)(F)F. The third-order valence-corrected chi connectivity index (χ3v) is 6.32. The molecule has 1 aromatic carbocycles. The Kier molecular flexibility index (Phi) is 4.44. The zero-order valence-electron chi connectivity index (χ0n) is 12.8. The summed E-state index contributed by atoms with van der Waals surface area (Å²) >= 11 is 0. The molecule has 24 heavy (non-hydrogen) atoms. The van der Waals surface area contributed by atoms with Gasteiger partial charge in [0.1, 0.15) is 13.6 Å². The van der Waals surface area contributed by atoms with Gasteiger partial charge in [0.2, 0.25) is 10.0 Å². The predicted octanol–water partition coefficient (Wildman–Crippen LogP) is 0.600. The van der Waals surface area contributed by atoms with E-state index in [0.29, 0.717) is 32.1 Å². The van der Waals surface area contributed by atoms with Crippen molar-refractivity contribution in [3.63, 3.8) is 0 Å². The molecule has 0 amide bonds. The summed E-state index contributed by atoms with van der Waals surface area (Å²) in [5.74, 6) is 0. The molecular weight excluding hydrogens is 344 g/mol. The highest BCUT2D eigenvalue weighted by Gasteiger charge is 2.42. The molecule has 0 saturated carbocycles.